The van der Waals surface area contributed by atoms with E-state index in [0.29, 0.717) is 5.75 Å². The summed E-state index contributed by atoms with van der Waals surface area (Å²) < 4.78 is 18.5. The maximum absolute atomic E-state index is 13.2. The van der Waals surface area contributed by atoms with Crippen LogP contribution >= 0.6 is 0 Å². The topological polar surface area (TPSA) is 47.3 Å². The minimum Gasteiger partial charge on any atom is -0.496 e. The van der Waals surface area contributed by atoms with Crippen LogP contribution < -0.4 is 15.8 Å². The maximum Gasteiger partial charge on any atom is 0.123 e. The van der Waals surface area contributed by atoms with Gasteiger partial charge >= 0.3 is 0 Å². The normalized spacial score (nSPS) is 25.4. The molecule has 3 nitrogen and oxygen atoms in total. The van der Waals surface area contributed by atoms with Crippen LogP contribution in [0.2, 0.25) is 0 Å². The van der Waals surface area contributed by atoms with E-state index in [1.54, 1.807) is 13.2 Å². The SMILES string of the molecule is COc1ccc(F)cc1C1CC(N)CCN1. The first-order chi connectivity index (χ1) is 7.70. The zero-order valence-corrected chi connectivity index (χ0v) is 9.37. The predicted octanol–water partition coefficient (Wildman–Crippen LogP) is 1.59. The van der Waals surface area contributed by atoms with Crippen molar-refractivity contribution in [2.24, 2.45) is 5.73 Å². The van der Waals surface area contributed by atoms with Crippen molar-refractivity contribution in [1.82, 2.24) is 5.32 Å². The average Bonchev–Trinajstić information content (AvgIpc) is 2.29. The molecule has 0 spiro atoms. The second-order valence-electron chi connectivity index (χ2n) is 4.18. The van der Waals surface area contributed by atoms with Crippen LogP contribution in [0, 0.1) is 5.82 Å². The van der Waals surface area contributed by atoms with E-state index in [1.807, 2.05) is 0 Å². The van der Waals surface area contributed by atoms with E-state index in [0.717, 1.165) is 24.9 Å². The Morgan fingerprint density at radius 3 is 3.00 bits per heavy atom. The highest BCUT2D eigenvalue weighted by Gasteiger charge is 2.23. The summed E-state index contributed by atoms with van der Waals surface area (Å²) in [6.45, 7) is 0.867. The molecule has 0 bridgehead atoms. The smallest absolute Gasteiger partial charge is 0.123 e. The number of rotatable bonds is 2. The molecule has 2 atom stereocenters. The van der Waals surface area contributed by atoms with Crippen LogP contribution in [-0.2, 0) is 0 Å². The van der Waals surface area contributed by atoms with Gasteiger partial charge in [-0.1, -0.05) is 0 Å². The fraction of sp³-hybridized carbons (Fsp3) is 0.500. The summed E-state index contributed by atoms with van der Waals surface area (Å²) in [7, 11) is 1.60. The third-order valence-corrected chi connectivity index (χ3v) is 3.01. The van der Waals surface area contributed by atoms with Crippen molar-refractivity contribution in [1.29, 1.82) is 0 Å². The number of methoxy groups -OCH3 is 1. The van der Waals surface area contributed by atoms with Gasteiger partial charge in [0.1, 0.15) is 11.6 Å². The lowest BCUT2D eigenvalue weighted by molar-refractivity contribution is 0.348. The van der Waals surface area contributed by atoms with E-state index in [1.165, 1.54) is 12.1 Å². The Morgan fingerprint density at radius 2 is 2.31 bits per heavy atom. The molecule has 0 radical (unpaired) electrons. The summed E-state index contributed by atoms with van der Waals surface area (Å²) in [5, 5.41) is 3.34. The number of piperidine rings is 1. The fourth-order valence-corrected chi connectivity index (χ4v) is 2.16. The second kappa shape index (κ2) is 4.80. The number of benzene rings is 1. The van der Waals surface area contributed by atoms with Gasteiger partial charge in [0.15, 0.2) is 0 Å². The van der Waals surface area contributed by atoms with Crippen LogP contribution in [0.3, 0.4) is 0 Å². The maximum atomic E-state index is 13.2. The summed E-state index contributed by atoms with van der Waals surface area (Å²) in [4.78, 5) is 0. The zero-order chi connectivity index (χ0) is 11.5. The number of nitrogens with two attached hydrogens (primary N) is 1. The highest BCUT2D eigenvalue weighted by atomic mass is 19.1. The average molecular weight is 224 g/mol. The van der Waals surface area contributed by atoms with Gasteiger partial charge in [0.25, 0.3) is 0 Å². The first kappa shape index (κ1) is 11.4. The van der Waals surface area contributed by atoms with Crippen molar-refractivity contribution in [3.8, 4) is 5.75 Å². The van der Waals surface area contributed by atoms with Gasteiger partial charge in [-0.25, -0.2) is 4.39 Å². The molecule has 1 fully saturated rings. The number of halogens is 1. The molecule has 88 valence electrons. The minimum absolute atomic E-state index is 0.0920. The molecule has 0 saturated carbocycles. The quantitative estimate of drug-likeness (QED) is 0.802. The predicted molar refractivity (Wildman–Crippen MR) is 60.9 cm³/mol. The van der Waals surface area contributed by atoms with Gasteiger partial charge in [-0.15, -0.1) is 0 Å². The van der Waals surface area contributed by atoms with Crippen LogP contribution in [0.15, 0.2) is 18.2 Å². The van der Waals surface area contributed by atoms with Crippen LogP contribution in [0.1, 0.15) is 24.4 Å². The molecule has 1 aromatic carbocycles. The largest absolute Gasteiger partial charge is 0.496 e. The zero-order valence-electron chi connectivity index (χ0n) is 9.37. The van der Waals surface area contributed by atoms with Gasteiger partial charge < -0.3 is 15.8 Å². The van der Waals surface area contributed by atoms with Gasteiger partial charge in [0, 0.05) is 17.6 Å². The lowest BCUT2D eigenvalue weighted by Gasteiger charge is -2.29. The van der Waals surface area contributed by atoms with E-state index < -0.39 is 0 Å². The van der Waals surface area contributed by atoms with E-state index in [4.69, 9.17) is 10.5 Å². The molecule has 2 unspecified atom stereocenters. The minimum atomic E-state index is -0.239. The monoisotopic (exact) mass is 224 g/mol. The Hall–Kier alpha value is -1.13. The van der Waals surface area contributed by atoms with E-state index in [2.05, 4.69) is 5.32 Å². The summed E-state index contributed by atoms with van der Waals surface area (Å²) in [5.41, 5.74) is 6.78. The van der Waals surface area contributed by atoms with Gasteiger partial charge in [-0.3, -0.25) is 0 Å². The highest BCUT2D eigenvalue weighted by Crippen LogP contribution is 2.30. The molecule has 4 heteroatoms. The van der Waals surface area contributed by atoms with Crippen molar-refractivity contribution in [3.05, 3.63) is 29.6 Å². The first-order valence-electron chi connectivity index (χ1n) is 5.53. The van der Waals surface area contributed by atoms with E-state index >= 15 is 0 Å². The van der Waals surface area contributed by atoms with Crippen molar-refractivity contribution in [2.75, 3.05) is 13.7 Å². The lowest BCUT2D eigenvalue weighted by Crippen LogP contribution is -2.38. The summed E-state index contributed by atoms with van der Waals surface area (Å²) >= 11 is 0. The van der Waals surface area contributed by atoms with Crippen LogP contribution in [0.4, 0.5) is 4.39 Å². The van der Waals surface area contributed by atoms with Crippen molar-refractivity contribution in [2.45, 2.75) is 24.9 Å². The van der Waals surface area contributed by atoms with Gasteiger partial charge in [0.2, 0.25) is 0 Å². The number of ether oxygens (including phenoxy) is 1. The molecule has 1 saturated heterocycles. The number of hydrogen-bond donors (Lipinski definition) is 2. The van der Waals surface area contributed by atoms with Gasteiger partial charge in [0.05, 0.1) is 7.11 Å². The third kappa shape index (κ3) is 2.33. The molecule has 1 aromatic rings. The Bertz CT molecular complexity index is 370. The van der Waals surface area contributed by atoms with E-state index in [-0.39, 0.29) is 17.9 Å². The standard InChI is InChI=1S/C12H17FN2O/c1-16-12-3-2-8(13)6-10(12)11-7-9(14)4-5-15-11/h2-3,6,9,11,15H,4-5,7,14H2,1H3. The first-order valence-corrected chi connectivity index (χ1v) is 5.53. The number of nitrogens with one attached hydrogen (secondary N) is 1. The molecule has 2 rings (SSSR count). The Balaban J connectivity index is 2.26. The molecule has 0 aromatic heterocycles. The summed E-state index contributed by atoms with van der Waals surface area (Å²) in [6, 6.07) is 4.86. The molecule has 0 aliphatic carbocycles. The fourth-order valence-electron chi connectivity index (χ4n) is 2.16. The van der Waals surface area contributed by atoms with Crippen LogP contribution in [0.5, 0.6) is 5.75 Å². The van der Waals surface area contributed by atoms with E-state index in [9.17, 15) is 4.39 Å². The number of hydrogen-bond acceptors (Lipinski definition) is 3. The Labute approximate surface area is 94.8 Å². The van der Waals surface area contributed by atoms with Crippen molar-refractivity contribution >= 4 is 0 Å². The van der Waals surface area contributed by atoms with Gasteiger partial charge in [-0.05, 0) is 37.6 Å². The van der Waals surface area contributed by atoms with Gasteiger partial charge in [-0.2, -0.15) is 0 Å². The Kier molecular flexibility index (Phi) is 3.41. The molecular formula is C12H17FN2O. The molecule has 1 aliphatic heterocycles. The van der Waals surface area contributed by atoms with Crippen LogP contribution in [-0.4, -0.2) is 19.7 Å². The van der Waals surface area contributed by atoms with Crippen molar-refractivity contribution < 1.29 is 9.13 Å². The summed E-state index contributed by atoms with van der Waals surface area (Å²) in [5.74, 6) is 0.477. The third-order valence-electron chi connectivity index (χ3n) is 3.01. The van der Waals surface area contributed by atoms with Crippen LogP contribution in [0.25, 0.3) is 0 Å². The summed E-state index contributed by atoms with van der Waals surface area (Å²) in [6.07, 6.45) is 1.79. The Morgan fingerprint density at radius 1 is 1.50 bits per heavy atom. The molecule has 16 heavy (non-hydrogen) atoms. The molecule has 1 heterocycles. The molecule has 0 amide bonds. The molecular weight excluding hydrogens is 207 g/mol. The highest BCUT2D eigenvalue weighted by molar-refractivity contribution is 5.36. The molecule has 1 aliphatic rings. The lowest BCUT2D eigenvalue weighted by atomic mass is 9.94. The van der Waals surface area contributed by atoms with Crippen molar-refractivity contribution in [3.63, 3.8) is 0 Å². The molecule has 3 N–H and O–H groups in total. The second-order valence-corrected chi connectivity index (χ2v) is 4.18.